The number of aliphatic imine (C=N–C) groups is 1. The number of ether oxygens (including phenoxy) is 1. The van der Waals surface area contributed by atoms with Gasteiger partial charge in [0, 0.05) is 37.8 Å². The van der Waals surface area contributed by atoms with Crippen LogP contribution in [0.2, 0.25) is 0 Å². The summed E-state index contributed by atoms with van der Waals surface area (Å²) in [6, 6.07) is 0. The molecule has 1 aliphatic heterocycles. The first-order chi connectivity index (χ1) is 11.6. The molecule has 2 rings (SSSR count). The van der Waals surface area contributed by atoms with Gasteiger partial charge in [0.1, 0.15) is 0 Å². The average molecular weight is 353 g/mol. The molecule has 0 aromatic carbocycles. The number of hydrogen-bond acceptors (Lipinski definition) is 5. The van der Waals surface area contributed by atoms with Gasteiger partial charge in [-0.3, -0.25) is 9.79 Å². The molecule has 2 heterocycles. The number of hydrogen-bond donors (Lipinski definition) is 1. The number of methoxy groups -OCH3 is 1. The van der Waals surface area contributed by atoms with Crippen molar-refractivity contribution in [1.29, 1.82) is 0 Å². The number of nitrogens with one attached hydrogen (secondary N) is 1. The number of aryl methyl sites for hydroxylation is 2. The van der Waals surface area contributed by atoms with E-state index in [2.05, 4.69) is 25.6 Å². The van der Waals surface area contributed by atoms with Crippen molar-refractivity contribution in [1.82, 2.24) is 15.2 Å². The van der Waals surface area contributed by atoms with Gasteiger partial charge >= 0.3 is 5.97 Å². The molecule has 0 bridgehead atoms. The molecule has 134 valence electrons. The van der Waals surface area contributed by atoms with Crippen molar-refractivity contribution in [2.45, 2.75) is 39.0 Å². The maximum Gasteiger partial charge on any atom is 0.308 e. The van der Waals surface area contributed by atoms with E-state index in [0.29, 0.717) is 0 Å². The van der Waals surface area contributed by atoms with E-state index in [1.165, 1.54) is 12.1 Å². The second-order valence-electron chi connectivity index (χ2n) is 6.10. The normalized spacial score (nSPS) is 16.3. The topological polar surface area (TPSA) is 66.8 Å². The van der Waals surface area contributed by atoms with Crippen LogP contribution in [-0.2, 0) is 16.0 Å². The minimum absolute atomic E-state index is 0.0334. The Bertz CT molecular complexity index is 551. The highest BCUT2D eigenvalue weighted by molar-refractivity contribution is 7.09. The number of carbonyl (C=O) groups excluding carboxylic acids is 1. The third-order valence-corrected chi connectivity index (χ3v) is 5.33. The van der Waals surface area contributed by atoms with Crippen LogP contribution in [0.3, 0.4) is 0 Å². The van der Waals surface area contributed by atoms with Crippen LogP contribution in [0.15, 0.2) is 10.4 Å². The van der Waals surface area contributed by atoms with Crippen molar-refractivity contribution in [3.63, 3.8) is 0 Å². The van der Waals surface area contributed by atoms with Gasteiger partial charge in [0.25, 0.3) is 0 Å². The number of rotatable bonds is 6. The average Bonchev–Trinajstić information content (AvgIpc) is 3.03. The molecule has 1 fully saturated rings. The fourth-order valence-corrected chi connectivity index (χ4v) is 3.76. The molecular weight excluding hydrogens is 324 g/mol. The monoisotopic (exact) mass is 352 g/mol. The molecule has 1 aromatic rings. The van der Waals surface area contributed by atoms with Crippen molar-refractivity contribution >= 4 is 23.3 Å². The van der Waals surface area contributed by atoms with Gasteiger partial charge in [0.2, 0.25) is 0 Å². The fourth-order valence-electron chi connectivity index (χ4n) is 2.94. The zero-order valence-electron chi connectivity index (χ0n) is 14.9. The Balaban J connectivity index is 1.65. The molecule has 6 nitrogen and oxygen atoms in total. The second kappa shape index (κ2) is 9.61. The van der Waals surface area contributed by atoms with E-state index in [1.807, 2.05) is 14.0 Å². The summed E-state index contributed by atoms with van der Waals surface area (Å²) >= 11 is 1.74. The Morgan fingerprint density at radius 3 is 2.79 bits per heavy atom. The van der Waals surface area contributed by atoms with Gasteiger partial charge in [-0.15, -0.1) is 11.3 Å². The van der Waals surface area contributed by atoms with Gasteiger partial charge in [0.05, 0.1) is 18.0 Å². The van der Waals surface area contributed by atoms with E-state index in [9.17, 15) is 4.79 Å². The fraction of sp³-hybridized carbons (Fsp3) is 0.706. The minimum Gasteiger partial charge on any atom is -0.469 e. The highest BCUT2D eigenvalue weighted by Crippen LogP contribution is 2.18. The van der Waals surface area contributed by atoms with E-state index < -0.39 is 0 Å². The van der Waals surface area contributed by atoms with Crippen LogP contribution in [0, 0.1) is 12.8 Å². The lowest BCUT2D eigenvalue weighted by Gasteiger charge is -2.33. The van der Waals surface area contributed by atoms with E-state index in [1.54, 1.807) is 11.3 Å². The number of carbonyl (C=O) groups is 1. The van der Waals surface area contributed by atoms with Crippen molar-refractivity contribution in [2.24, 2.45) is 10.9 Å². The van der Waals surface area contributed by atoms with Crippen LogP contribution in [0.5, 0.6) is 0 Å². The molecule has 1 saturated heterocycles. The molecule has 0 aliphatic carbocycles. The lowest BCUT2D eigenvalue weighted by Crippen LogP contribution is -2.46. The van der Waals surface area contributed by atoms with Crippen LogP contribution in [0.25, 0.3) is 0 Å². The Morgan fingerprint density at radius 2 is 2.21 bits per heavy atom. The van der Waals surface area contributed by atoms with Gasteiger partial charge in [-0.05, 0) is 39.0 Å². The first-order valence-corrected chi connectivity index (χ1v) is 9.46. The van der Waals surface area contributed by atoms with E-state index in [-0.39, 0.29) is 11.9 Å². The lowest BCUT2D eigenvalue weighted by molar-refractivity contribution is -0.146. The number of guanidine groups is 1. The summed E-state index contributed by atoms with van der Waals surface area (Å²) in [5.41, 5.74) is 1.11. The van der Waals surface area contributed by atoms with Crippen LogP contribution < -0.4 is 5.32 Å². The quantitative estimate of drug-likeness (QED) is 0.368. The molecule has 1 N–H and O–H groups in total. The van der Waals surface area contributed by atoms with Gasteiger partial charge in [-0.2, -0.15) is 0 Å². The zero-order valence-corrected chi connectivity index (χ0v) is 15.7. The molecular formula is C17H28N4O2S. The molecule has 0 radical (unpaired) electrons. The summed E-state index contributed by atoms with van der Waals surface area (Å²) in [5.74, 6) is 0.879. The smallest absolute Gasteiger partial charge is 0.308 e. The predicted molar refractivity (Wildman–Crippen MR) is 97.5 cm³/mol. The first-order valence-electron chi connectivity index (χ1n) is 8.58. The molecule has 0 spiro atoms. The van der Waals surface area contributed by atoms with Crippen LogP contribution in [0.1, 0.15) is 36.4 Å². The van der Waals surface area contributed by atoms with E-state index in [4.69, 9.17) is 4.74 Å². The lowest BCUT2D eigenvalue weighted by atomic mass is 9.97. The number of aromatic nitrogens is 1. The zero-order chi connectivity index (χ0) is 17.4. The van der Waals surface area contributed by atoms with Crippen molar-refractivity contribution in [2.75, 3.05) is 33.8 Å². The predicted octanol–water partition coefficient (Wildman–Crippen LogP) is 2.23. The largest absolute Gasteiger partial charge is 0.469 e. The van der Waals surface area contributed by atoms with E-state index in [0.717, 1.165) is 63.4 Å². The Hall–Kier alpha value is -1.63. The number of thiazole rings is 1. The molecule has 7 heteroatoms. The molecule has 0 atom stereocenters. The van der Waals surface area contributed by atoms with Gasteiger partial charge in [-0.1, -0.05) is 0 Å². The SMILES string of the molecule is CN=C(NCCCCc1nc(C)cs1)N1CCC(C(=O)OC)CC1. The van der Waals surface area contributed by atoms with Crippen molar-refractivity contribution in [3.8, 4) is 0 Å². The Morgan fingerprint density at radius 1 is 1.46 bits per heavy atom. The summed E-state index contributed by atoms with van der Waals surface area (Å²) in [6.45, 7) is 4.64. The summed E-state index contributed by atoms with van der Waals surface area (Å²) in [6.07, 6.45) is 4.93. The second-order valence-corrected chi connectivity index (χ2v) is 7.04. The molecule has 0 saturated carbocycles. The minimum atomic E-state index is -0.0879. The van der Waals surface area contributed by atoms with E-state index >= 15 is 0 Å². The maximum absolute atomic E-state index is 11.6. The van der Waals surface area contributed by atoms with Crippen molar-refractivity contribution < 1.29 is 9.53 Å². The highest BCUT2D eigenvalue weighted by atomic mass is 32.1. The Labute approximate surface area is 148 Å². The molecule has 0 amide bonds. The van der Waals surface area contributed by atoms with Gasteiger partial charge in [0.15, 0.2) is 5.96 Å². The number of nitrogens with zero attached hydrogens (tertiary/aromatic N) is 3. The summed E-state index contributed by atoms with van der Waals surface area (Å²) in [7, 11) is 3.27. The third-order valence-electron chi connectivity index (χ3n) is 4.31. The van der Waals surface area contributed by atoms with Crippen LogP contribution >= 0.6 is 11.3 Å². The summed E-state index contributed by atoms with van der Waals surface area (Å²) in [5, 5.41) is 6.76. The maximum atomic E-state index is 11.6. The highest BCUT2D eigenvalue weighted by Gasteiger charge is 2.26. The number of unbranched alkanes of at least 4 members (excludes halogenated alkanes) is 1. The van der Waals surface area contributed by atoms with Gasteiger partial charge < -0.3 is 15.0 Å². The standard InChI is InChI=1S/C17H28N4O2S/c1-13-12-24-15(20-13)6-4-5-9-19-17(18-2)21-10-7-14(8-11-21)16(22)23-3/h12,14H,4-11H2,1-3H3,(H,18,19). The van der Waals surface area contributed by atoms with Crippen molar-refractivity contribution in [3.05, 3.63) is 16.1 Å². The molecule has 24 heavy (non-hydrogen) atoms. The molecule has 1 aromatic heterocycles. The first kappa shape index (κ1) is 18.7. The summed E-state index contributed by atoms with van der Waals surface area (Å²) < 4.78 is 4.83. The molecule has 0 unspecified atom stereocenters. The third kappa shape index (κ3) is 5.47. The number of likely N-dealkylation sites (tertiary alicyclic amines) is 1. The van der Waals surface area contributed by atoms with Crippen LogP contribution in [-0.4, -0.2) is 55.6 Å². The number of esters is 1. The van der Waals surface area contributed by atoms with Gasteiger partial charge in [-0.25, -0.2) is 4.98 Å². The molecule has 1 aliphatic rings. The van der Waals surface area contributed by atoms with Crippen LogP contribution in [0.4, 0.5) is 0 Å². The Kier molecular flexibility index (Phi) is 7.49. The number of piperidine rings is 1. The summed E-state index contributed by atoms with van der Waals surface area (Å²) in [4.78, 5) is 22.7.